The van der Waals surface area contributed by atoms with Crippen molar-refractivity contribution in [2.45, 2.75) is 39.2 Å². The molecule has 0 aliphatic rings. The Morgan fingerprint density at radius 2 is 1.92 bits per heavy atom. The minimum Gasteiger partial charge on any atom is -0.457 e. The van der Waals surface area contributed by atoms with Crippen LogP contribution in [0.4, 0.5) is 4.39 Å². The van der Waals surface area contributed by atoms with Gasteiger partial charge in [-0.3, -0.25) is 0 Å². The van der Waals surface area contributed by atoms with Crippen LogP contribution in [-0.4, -0.2) is 36.9 Å². The van der Waals surface area contributed by atoms with Crippen molar-refractivity contribution in [3.05, 3.63) is 46.6 Å². The predicted octanol–water partition coefficient (Wildman–Crippen LogP) is 2.82. The van der Waals surface area contributed by atoms with E-state index in [1.54, 1.807) is 27.7 Å². The Bertz CT molecular complexity index is 884. The van der Waals surface area contributed by atoms with E-state index in [0.29, 0.717) is 17.0 Å². The van der Waals surface area contributed by atoms with Gasteiger partial charge in [0.2, 0.25) is 10.0 Å². The summed E-state index contributed by atoms with van der Waals surface area (Å²) in [6, 6.07) is 3.08. The third-order valence-electron chi connectivity index (χ3n) is 4.03. The minimum atomic E-state index is -3.81. The van der Waals surface area contributed by atoms with Crippen LogP contribution in [0.3, 0.4) is 0 Å². The zero-order valence-corrected chi connectivity index (χ0v) is 15.9. The molecule has 1 aromatic heterocycles. The van der Waals surface area contributed by atoms with Gasteiger partial charge in [-0.1, -0.05) is 19.0 Å². The molecule has 7 nitrogen and oxygen atoms in total. The summed E-state index contributed by atoms with van der Waals surface area (Å²) >= 11 is 0. The smallest absolute Gasteiger partial charge is 0.341 e. The molecule has 2 aromatic rings. The van der Waals surface area contributed by atoms with Gasteiger partial charge in [0.15, 0.2) is 0 Å². The summed E-state index contributed by atoms with van der Waals surface area (Å²) in [6.07, 6.45) is 0. The third-order valence-corrected chi connectivity index (χ3v) is 6.08. The highest BCUT2D eigenvalue weighted by Gasteiger charge is 2.25. The van der Waals surface area contributed by atoms with E-state index in [1.807, 2.05) is 0 Å². The van der Waals surface area contributed by atoms with E-state index < -0.39 is 27.4 Å². The number of hydrogen-bond donors (Lipinski definition) is 0. The van der Waals surface area contributed by atoms with Crippen LogP contribution in [0.5, 0.6) is 0 Å². The van der Waals surface area contributed by atoms with Crippen molar-refractivity contribution >= 4 is 16.0 Å². The quantitative estimate of drug-likeness (QED) is 0.682. The minimum absolute atomic E-state index is 0.146. The van der Waals surface area contributed by atoms with Crippen molar-refractivity contribution in [3.63, 3.8) is 0 Å². The first kappa shape index (κ1) is 20.1. The van der Waals surface area contributed by atoms with Crippen LogP contribution in [0.2, 0.25) is 0 Å². The standard InChI is InChI=1S/C17H21FN2O5S/c1-5-20(6-2)26(22,23)13-7-8-16(18)14(9-13)17(21)24-10-15-11(3)19-25-12(15)4/h7-9H,5-6,10H2,1-4H3. The first-order valence-electron chi connectivity index (χ1n) is 8.10. The Labute approximate surface area is 151 Å². The summed E-state index contributed by atoms with van der Waals surface area (Å²) in [4.78, 5) is 12.1. The van der Waals surface area contributed by atoms with Crippen molar-refractivity contribution < 1.29 is 26.9 Å². The molecule has 1 aromatic carbocycles. The topological polar surface area (TPSA) is 89.7 Å². The van der Waals surface area contributed by atoms with Crippen LogP contribution in [0, 0.1) is 19.7 Å². The number of hydrogen-bond acceptors (Lipinski definition) is 6. The highest BCUT2D eigenvalue weighted by molar-refractivity contribution is 7.89. The molecule has 0 aliphatic carbocycles. The van der Waals surface area contributed by atoms with E-state index in [9.17, 15) is 17.6 Å². The number of benzene rings is 1. The molecule has 142 valence electrons. The molecule has 0 bridgehead atoms. The predicted molar refractivity (Wildman–Crippen MR) is 91.6 cm³/mol. The maximum absolute atomic E-state index is 14.1. The molecule has 0 saturated heterocycles. The van der Waals surface area contributed by atoms with E-state index >= 15 is 0 Å². The zero-order valence-electron chi connectivity index (χ0n) is 15.1. The second-order valence-corrected chi connectivity index (χ2v) is 7.55. The van der Waals surface area contributed by atoms with E-state index in [-0.39, 0.29) is 24.6 Å². The van der Waals surface area contributed by atoms with Crippen molar-refractivity contribution in [1.82, 2.24) is 9.46 Å². The average Bonchev–Trinajstić information content (AvgIpc) is 2.92. The molecule has 1 heterocycles. The van der Waals surface area contributed by atoms with Gasteiger partial charge in [0.25, 0.3) is 0 Å². The summed E-state index contributed by atoms with van der Waals surface area (Å²) in [5.74, 6) is -1.32. The first-order valence-corrected chi connectivity index (χ1v) is 9.54. The molecule has 0 atom stereocenters. The lowest BCUT2D eigenvalue weighted by Crippen LogP contribution is -2.30. The van der Waals surface area contributed by atoms with Crippen LogP contribution in [-0.2, 0) is 21.4 Å². The van der Waals surface area contributed by atoms with Crippen LogP contribution >= 0.6 is 0 Å². The highest BCUT2D eigenvalue weighted by Crippen LogP contribution is 2.21. The number of carbonyl (C=O) groups excluding carboxylic acids is 1. The summed E-state index contributed by atoms with van der Waals surface area (Å²) in [5, 5.41) is 3.74. The number of carbonyl (C=O) groups is 1. The molecular formula is C17H21FN2O5S. The largest absolute Gasteiger partial charge is 0.457 e. The van der Waals surface area contributed by atoms with Crippen molar-refractivity contribution in [3.8, 4) is 0 Å². The molecule has 0 spiro atoms. The Balaban J connectivity index is 2.28. The molecular weight excluding hydrogens is 363 g/mol. The zero-order chi connectivity index (χ0) is 19.5. The highest BCUT2D eigenvalue weighted by atomic mass is 32.2. The Morgan fingerprint density at radius 1 is 1.27 bits per heavy atom. The molecule has 0 amide bonds. The maximum Gasteiger partial charge on any atom is 0.341 e. The fourth-order valence-electron chi connectivity index (χ4n) is 2.46. The number of aromatic nitrogens is 1. The number of aryl methyl sites for hydroxylation is 2. The molecule has 0 fully saturated rings. The lowest BCUT2D eigenvalue weighted by molar-refractivity contribution is 0.0465. The lowest BCUT2D eigenvalue weighted by atomic mass is 10.2. The second-order valence-electron chi connectivity index (χ2n) is 5.61. The van der Waals surface area contributed by atoms with Gasteiger partial charge in [0.1, 0.15) is 18.2 Å². The van der Waals surface area contributed by atoms with Crippen molar-refractivity contribution in [2.75, 3.05) is 13.1 Å². The molecule has 0 N–H and O–H groups in total. The Hall–Kier alpha value is -2.26. The normalized spacial score (nSPS) is 11.8. The molecule has 9 heteroatoms. The van der Waals surface area contributed by atoms with Gasteiger partial charge in [-0.05, 0) is 32.0 Å². The van der Waals surface area contributed by atoms with Crippen molar-refractivity contribution in [2.24, 2.45) is 0 Å². The molecule has 0 unspecified atom stereocenters. The first-order chi connectivity index (χ1) is 12.2. The van der Waals surface area contributed by atoms with Crippen molar-refractivity contribution in [1.29, 1.82) is 0 Å². The number of halogens is 1. The number of rotatable bonds is 7. The fraction of sp³-hybridized carbons (Fsp3) is 0.412. The van der Waals surface area contributed by atoms with Crippen LogP contribution in [0.1, 0.15) is 41.2 Å². The number of ether oxygens (including phenoxy) is 1. The number of nitrogens with zero attached hydrogens (tertiary/aromatic N) is 2. The maximum atomic E-state index is 14.1. The van der Waals surface area contributed by atoms with Crippen LogP contribution < -0.4 is 0 Å². The van der Waals surface area contributed by atoms with Gasteiger partial charge in [-0.25, -0.2) is 17.6 Å². The van der Waals surface area contributed by atoms with Gasteiger partial charge in [-0.2, -0.15) is 4.31 Å². The van der Waals surface area contributed by atoms with E-state index in [4.69, 9.17) is 9.26 Å². The van der Waals surface area contributed by atoms with Gasteiger partial charge < -0.3 is 9.26 Å². The van der Waals surface area contributed by atoms with Crippen LogP contribution in [0.25, 0.3) is 0 Å². The number of sulfonamides is 1. The summed E-state index contributed by atoms with van der Waals surface area (Å²) in [7, 11) is -3.81. The van der Waals surface area contributed by atoms with Crippen LogP contribution in [0.15, 0.2) is 27.6 Å². The van der Waals surface area contributed by atoms with Gasteiger partial charge in [-0.15, -0.1) is 0 Å². The third kappa shape index (κ3) is 3.94. The summed E-state index contributed by atoms with van der Waals surface area (Å²) < 4.78 is 50.4. The molecule has 0 saturated carbocycles. The summed E-state index contributed by atoms with van der Waals surface area (Å²) in [6.45, 7) is 7.14. The van der Waals surface area contributed by atoms with E-state index in [1.165, 1.54) is 4.31 Å². The van der Waals surface area contributed by atoms with Gasteiger partial charge in [0, 0.05) is 13.1 Å². The monoisotopic (exact) mass is 384 g/mol. The molecule has 26 heavy (non-hydrogen) atoms. The SMILES string of the molecule is CCN(CC)S(=O)(=O)c1ccc(F)c(C(=O)OCc2c(C)noc2C)c1. The lowest BCUT2D eigenvalue weighted by Gasteiger charge is -2.18. The van der Waals surface area contributed by atoms with Gasteiger partial charge >= 0.3 is 5.97 Å². The van der Waals surface area contributed by atoms with E-state index in [0.717, 1.165) is 18.2 Å². The Kier molecular flexibility index (Phi) is 6.14. The number of esters is 1. The Morgan fingerprint density at radius 3 is 2.46 bits per heavy atom. The van der Waals surface area contributed by atoms with Gasteiger partial charge in [0.05, 0.1) is 21.7 Å². The summed E-state index contributed by atoms with van der Waals surface area (Å²) in [5.41, 5.74) is 0.712. The molecule has 2 rings (SSSR count). The average molecular weight is 384 g/mol. The van der Waals surface area contributed by atoms with E-state index in [2.05, 4.69) is 5.16 Å². The second kappa shape index (κ2) is 7.96. The molecule has 0 aliphatic heterocycles. The molecule has 0 radical (unpaired) electrons. The fourth-order valence-corrected chi connectivity index (χ4v) is 3.94.